The van der Waals surface area contributed by atoms with E-state index < -0.39 is 0 Å². The fraction of sp³-hybridized carbons (Fsp3) is 0.130. The van der Waals surface area contributed by atoms with Gasteiger partial charge < -0.3 is 16.2 Å². The van der Waals surface area contributed by atoms with Crippen LogP contribution in [-0.4, -0.2) is 23.8 Å². The van der Waals surface area contributed by atoms with Crippen molar-refractivity contribution in [2.75, 3.05) is 12.4 Å². The van der Waals surface area contributed by atoms with Crippen molar-refractivity contribution in [3.05, 3.63) is 101 Å². The number of nitrogens with one attached hydrogen (secondary N) is 3. The molecule has 0 fully saturated rings. The number of hydrogen-bond acceptors (Lipinski definition) is 4. The number of hydrogen-bond donors (Lipinski definition) is 5. The Bertz CT molecular complexity index is 905. The summed E-state index contributed by atoms with van der Waals surface area (Å²) in [6, 6.07) is 25.8. The summed E-state index contributed by atoms with van der Waals surface area (Å²) < 4.78 is 0. The van der Waals surface area contributed by atoms with Gasteiger partial charge in [-0.1, -0.05) is 60.7 Å². The number of amidine groups is 1. The second-order valence-electron chi connectivity index (χ2n) is 6.19. The van der Waals surface area contributed by atoms with E-state index in [1.807, 2.05) is 72.8 Å². The first-order valence-corrected chi connectivity index (χ1v) is 8.95. The monoisotopic (exact) mass is 374 g/mol. The largest absolute Gasteiger partial charge is 0.400 e. The summed E-state index contributed by atoms with van der Waals surface area (Å²) >= 11 is 0. The van der Waals surface area contributed by atoms with Crippen LogP contribution in [0, 0.1) is 10.8 Å². The van der Waals surface area contributed by atoms with Crippen molar-refractivity contribution in [2.24, 2.45) is 5.73 Å². The fourth-order valence-corrected chi connectivity index (χ4v) is 2.77. The minimum atomic E-state index is 0.170. The van der Waals surface area contributed by atoms with Crippen molar-refractivity contribution in [2.45, 2.75) is 13.0 Å². The number of aliphatic hydroxyl groups excluding tert-OH is 1. The van der Waals surface area contributed by atoms with Crippen LogP contribution in [0.1, 0.15) is 22.3 Å². The SMILES string of the molecule is CO.N=C(N)Cc1ccc(NCc2cccc(C(=N)c3ccccc3)c2)cc1. The highest BCUT2D eigenvalue weighted by Crippen LogP contribution is 2.15. The van der Waals surface area contributed by atoms with E-state index in [1.165, 1.54) is 0 Å². The zero-order chi connectivity index (χ0) is 20.4. The molecule has 0 aliphatic rings. The summed E-state index contributed by atoms with van der Waals surface area (Å²) in [6.45, 7) is 0.683. The van der Waals surface area contributed by atoms with Crippen molar-refractivity contribution in [3.63, 3.8) is 0 Å². The summed E-state index contributed by atoms with van der Waals surface area (Å²) in [5.74, 6) is 0.170. The molecule has 3 aromatic rings. The lowest BCUT2D eigenvalue weighted by atomic mass is 10.0. The standard InChI is InChI=1S/C22H22N4.CH4O/c23-21(24)14-16-9-11-20(12-10-16)26-15-17-5-4-8-19(13-17)22(25)18-6-2-1-3-7-18;1-2/h1-13,25-26H,14-15H2,(H3,23,24);2H,1H3. The maximum atomic E-state index is 8.40. The smallest absolute Gasteiger partial charge is 0.0950 e. The van der Waals surface area contributed by atoms with Crippen LogP contribution >= 0.6 is 0 Å². The van der Waals surface area contributed by atoms with E-state index in [0.29, 0.717) is 18.7 Å². The predicted octanol–water partition coefficient (Wildman–Crippen LogP) is 3.80. The first-order chi connectivity index (χ1) is 13.6. The van der Waals surface area contributed by atoms with Gasteiger partial charge in [0, 0.05) is 31.3 Å². The molecule has 3 rings (SSSR count). The lowest BCUT2D eigenvalue weighted by Crippen LogP contribution is -2.12. The molecule has 3 aromatic carbocycles. The summed E-state index contributed by atoms with van der Waals surface area (Å²) in [6.07, 6.45) is 0.476. The first kappa shape index (κ1) is 20.9. The van der Waals surface area contributed by atoms with Crippen molar-refractivity contribution in [3.8, 4) is 0 Å². The summed E-state index contributed by atoms with van der Waals surface area (Å²) in [5.41, 5.74) is 10.9. The Morgan fingerprint density at radius 3 is 2.11 bits per heavy atom. The van der Waals surface area contributed by atoms with Crippen LogP contribution in [0.25, 0.3) is 0 Å². The van der Waals surface area contributed by atoms with Crippen LogP contribution in [0.3, 0.4) is 0 Å². The van der Waals surface area contributed by atoms with Crippen LogP contribution < -0.4 is 11.1 Å². The molecule has 5 nitrogen and oxygen atoms in total. The highest BCUT2D eigenvalue weighted by molar-refractivity contribution is 6.10. The van der Waals surface area contributed by atoms with E-state index in [4.69, 9.17) is 21.7 Å². The third-order valence-electron chi connectivity index (χ3n) is 4.12. The lowest BCUT2D eigenvalue weighted by Gasteiger charge is -2.10. The average Bonchev–Trinajstić information content (AvgIpc) is 2.74. The molecule has 0 radical (unpaired) electrons. The molecular formula is C23H26N4O. The van der Waals surface area contributed by atoms with Gasteiger partial charge in [0.15, 0.2) is 0 Å². The Morgan fingerprint density at radius 1 is 0.821 bits per heavy atom. The zero-order valence-corrected chi connectivity index (χ0v) is 15.9. The van der Waals surface area contributed by atoms with Crippen LogP contribution in [0.5, 0.6) is 0 Å². The molecule has 0 amide bonds. The third kappa shape index (κ3) is 6.07. The molecule has 144 valence electrons. The molecule has 0 saturated carbocycles. The molecular weight excluding hydrogens is 348 g/mol. The van der Waals surface area contributed by atoms with Crippen LogP contribution in [0.15, 0.2) is 78.9 Å². The van der Waals surface area contributed by atoms with Gasteiger partial charge in [-0.25, -0.2) is 0 Å². The molecule has 0 aliphatic carbocycles. The molecule has 0 bridgehead atoms. The zero-order valence-electron chi connectivity index (χ0n) is 15.9. The van der Waals surface area contributed by atoms with E-state index >= 15 is 0 Å². The third-order valence-corrected chi connectivity index (χ3v) is 4.12. The number of nitrogens with two attached hydrogens (primary N) is 1. The number of anilines is 1. The first-order valence-electron chi connectivity index (χ1n) is 8.95. The molecule has 6 N–H and O–H groups in total. The van der Waals surface area contributed by atoms with Gasteiger partial charge in [0.05, 0.1) is 11.5 Å². The van der Waals surface area contributed by atoms with Crippen LogP contribution in [0.2, 0.25) is 0 Å². The maximum absolute atomic E-state index is 8.40. The summed E-state index contributed by atoms with van der Waals surface area (Å²) in [5, 5.41) is 26.1. The van der Waals surface area contributed by atoms with E-state index in [1.54, 1.807) is 0 Å². The van der Waals surface area contributed by atoms with Crippen molar-refractivity contribution in [1.29, 1.82) is 10.8 Å². The quantitative estimate of drug-likeness (QED) is 0.321. The summed E-state index contributed by atoms with van der Waals surface area (Å²) in [4.78, 5) is 0. The van der Waals surface area contributed by atoms with Crippen molar-refractivity contribution < 1.29 is 5.11 Å². The van der Waals surface area contributed by atoms with Crippen molar-refractivity contribution >= 4 is 17.2 Å². The maximum Gasteiger partial charge on any atom is 0.0950 e. The van der Waals surface area contributed by atoms with Gasteiger partial charge in [0.2, 0.25) is 0 Å². The normalized spacial score (nSPS) is 9.79. The molecule has 0 aliphatic heterocycles. The highest BCUT2D eigenvalue weighted by atomic mass is 16.2. The summed E-state index contributed by atoms with van der Waals surface area (Å²) in [7, 11) is 1.00. The molecule has 0 atom stereocenters. The average molecular weight is 374 g/mol. The van der Waals surface area contributed by atoms with Gasteiger partial charge in [-0.05, 0) is 34.9 Å². The number of benzene rings is 3. The van der Waals surface area contributed by atoms with E-state index in [0.717, 1.165) is 35.1 Å². The number of aliphatic hydroxyl groups is 1. The van der Waals surface area contributed by atoms with Crippen LogP contribution in [-0.2, 0) is 13.0 Å². The van der Waals surface area contributed by atoms with Gasteiger partial charge in [0.25, 0.3) is 0 Å². The molecule has 0 unspecified atom stereocenters. The van der Waals surface area contributed by atoms with Crippen LogP contribution in [0.4, 0.5) is 5.69 Å². The topological polar surface area (TPSA) is 106 Å². The van der Waals surface area contributed by atoms with Gasteiger partial charge in [-0.2, -0.15) is 0 Å². The fourth-order valence-electron chi connectivity index (χ4n) is 2.77. The van der Waals surface area contributed by atoms with Gasteiger partial charge >= 0.3 is 0 Å². The minimum absolute atomic E-state index is 0.170. The minimum Gasteiger partial charge on any atom is -0.400 e. The Balaban J connectivity index is 0.00000136. The van der Waals surface area contributed by atoms with E-state index in [9.17, 15) is 0 Å². The Morgan fingerprint density at radius 2 is 1.46 bits per heavy atom. The molecule has 0 heterocycles. The predicted molar refractivity (Wildman–Crippen MR) is 116 cm³/mol. The van der Waals surface area contributed by atoms with Gasteiger partial charge in [0.1, 0.15) is 0 Å². The molecule has 0 aromatic heterocycles. The lowest BCUT2D eigenvalue weighted by molar-refractivity contribution is 0.399. The molecule has 28 heavy (non-hydrogen) atoms. The van der Waals surface area contributed by atoms with Crippen molar-refractivity contribution in [1.82, 2.24) is 0 Å². The molecule has 0 saturated heterocycles. The van der Waals surface area contributed by atoms with E-state index in [-0.39, 0.29) is 5.84 Å². The Labute approximate surface area is 165 Å². The van der Waals surface area contributed by atoms with E-state index in [2.05, 4.69) is 11.4 Å². The Kier molecular flexibility index (Phi) is 7.93. The Hall–Kier alpha value is -3.44. The molecule has 0 spiro atoms. The second-order valence-corrected chi connectivity index (χ2v) is 6.19. The van der Waals surface area contributed by atoms with Gasteiger partial charge in [-0.3, -0.25) is 10.8 Å². The van der Waals surface area contributed by atoms with Gasteiger partial charge in [-0.15, -0.1) is 0 Å². The second kappa shape index (κ2) is 10.6. The highest BCUT2D eigenvalue weighted by Gasteiger charge is 2.05. The number of rotatable bonds is 7. The molecule has 5 heteroatoms.